The molecule has 0 saturated heterocycles. The highest BCUT2D eigenvalue weighted by atomic mass is 127. The molecule has 0 atom stereocenters. The summed E-state index contributed by atoms with van der Waals surface area (Å²) in [6.07, 6.45) is 0.953. The highest BCUT2D eigenvalue weighted by Crippen LogP contribution is 2.18. The third-order valence-electron chi connectivity index (χ3n) is 3.80. The normalized spacial score (nSPS) is 10.8. The first kappa shape index (κ1) is 24.2. The maximum absolute atomic E-state index is 12.9. The van der Waals surface area contributed by atoms with E-state index in [4.69, 9.17) is 0 Å². The Labute approximate surface area is 187 Å². The number of hydrogen-bond donors (Lipinski definition) is 3. The van der Waals surface area contributed by atoms with Crippen LogP contribution in [0.2, 0.25) is 0 Å². The minimum absolute atomic E-state index is 0. The number of carbonyl (C=O) groups excluding carboxylic acids is 1. The van der Waals surface area contributed by atoms with Crippen LogP contribution >= 0.6 is 35.7 Å². The molecule has 8 heteroatoms. The molecule has 1 amide bonds. The van der Waals surface area contributed by atoms with Crippen LogP contribution in [0, 0.1) is 5.82 Å². The van der Waals surface area contributed by atoms with Crippen LogP contribution < -0.4 is 16.0 Å². The zero-order valence-corrected chi connectivity index (χ0v) is 19.1. The van der Waals surface area contributed by atoms with Crippen molar-refractivity contribution in [1.82, 2.24) is 16.0 Å². The lowest BCUT2D eigenvalue weighted by Gasteiger charge is -2.12. The van der Waals surface area contributed by atoms with Crippen LogP contribution in [-0.2, 0) is 6.54 Å². The van der Waals surface area contributed by atoms with E-state index in [1.54, 1.807) is 44.1 Å². The van der Waals surface area contributed by atoms with E-state index in [0.717, 1.165) is 29.2 Å². The molecule has 2 rings (SSSR count). The predicted molar refractivity (Wildman–Crippen MR) is 125 cm³/mol. The second-order valence-corrected chi connectivity index (χ2v) is 6.96. The lowest BCUT2D eigenvalue weighted by Crippen LogP contribution is -2.37. The quantitative estimate of drug-likeness (QED) is 0.165. The Morgan fingerprint density at radius 3 is 2.57 bits per heavy atom. The van der Waals surface area contributed by atoms with E-state index in [-0.39, 0.29) is 35.7 Å². The predicted octanol–water partition coefficient (Wildman–Crippen LogP) is 3.65. The molecule has 0 radical (unpaired) electrons. The van der Waals surface area contributed by atoms with E-state index in [0.29, 0.717) is 18.1 Å². The van der Waals surface area contributed by atoms with E-state index in [2.05, 4.69) is 20.9 Å². The molecule has 3 N–H and O–H groups in total. The average molecular weight is 516 g/mol. The molecular formula is C20H26FIN4OS. The molecule has 0 aliphatic heterocycles. The number of thioether (sulfide) groups is 1. The van der Waals surface area contributed by atoms with Crippen molar-refractivity contribution in [2.75, 3.05) is 26.4 Å². The third-order valence-corrected chi connectivity index (χ3v) is 4.89. The number of aliphatic imine (C=N–C) groups is 1. The molecule has 0 heterocycles. The SMILES string of the molecule is CN=C(NCCCSc1ccc(F)cc1)NCc1cccc(C(=O)NC)c1.I. The molecule has 2 aromatic rings. The van der Waals surface area contributed by atoms with E-state index >= 15 is 0 Å². The van der Waals surface area contributed by atoms with E-state index in [1.165, 1.54) is 12.1 Å². The lowest BCUT2D eigenvalue weighted by molar-refractivity contribution is 0.0963. The van der Waals surface area contributed by atoms with Crippen molar-refractivity contribution in [3.8, 4) is 0 Å². The summed E-state index contributed by atoms with van der Waals surface area (Å²) in [7, 11) is 3.34. The second-order valence-electron chi connectivity index (χ2n) is 5.79. The lowest BCUT2D eigenvalue weighted by atomic mass is 10.1. The Kier molecular flexibility index (Phi) is 11.6. The van der Waals surface area contributed by atoms with Gasteiger partial charge in [-0.3, -0.25) is 9.79 Å². The molecule has 5 nitrogen and oxygen atoms in total. The van der Waals surface area contributed by atoms with Crippen LogP contribution in [0.4, 0.5) is 4.39 Å². The smallest absolute Gasteiger partial charge is 0.251 e. The van der Waals surface area contributed by atoms with Gasteiger partial charge in [-0.2, -0.15) is 0 Å². The highest BCUT2D eigenvalue weighted by molar-refractivity contribution is 14.0. The largest absolute Gasteiger partial charge is 0.356 e. The number of benzene rings is 2. The van der Waals surface area contributed by atoms with Gasteiger partial charge in [-0.15, -0.1) is 35.7 Å². The molecular weight excluding hydrogens is 490 g/mol. The maximum Gasteiger partial charge on any atom is 0.251 e. The first-order valence-corrected chi connectivity index (χ1v) is 9.75. The van der Waals surface area contributed by atoms with Crippen molar-refractivity contribution in [1.29, 1.82) is 0 Å². The van der Waals surface area contributed by atoms with Crippen molar-refractivity contribution in [3.05, 3.63) is 65.5 Å². The first-order valence-electron chi connectivity index (χ1n) is 8.76. The van der Waals surface area contributed by atoms with Crippen molar-refractivity contribution in [2.45, 2.75) is 17.9 Å². The fourth-order valence-corrected chi connectivity index (χ4v) is 3.23. The summed E-state index contributed by atoms with van der Waals surface area (Å²) in [6.45, 7) is 1.36. The van der Waals surface area contributed by atoms with Gasteiger partial charge in [-0.05, 0) is 54.1 Å². The van der Waals surface area contributed by atoms with Gasteiger partial charge in [0.05, 0.1) is 0 Å². The van der Waals surface area contributed by atoms with Gasteiger partial charge in [0.15, 0.2) is 5.96 Å². The number of rotatable bonds is 8. The van der Waals surface area contributed by atoms with Gasteiger partial charge in [0.1, 0.15) is 5.82 Å². The Balaban J connectivity index is 0.00000392. The molecule has 0 aliphatic rings. The van der Waals surface area contributed by atoms with Crippen LogP contribution in [0.1, 0.15) is 22.3 Å². The molecule has 0 unspecified atom stereocenters. The highest BCUT2D eigenvalue weighted by Gasteiger charge is 2.04. The third kappa shape index (κ3) is 8.47. The Morgan fingerprint density at radius 2 is 1.89 bits per heavy atom. The summed E-state index contributed by atoms with van der Waals surface area (Å²) >= 11 is 1.70. The summed E-state index contributed by atoms with van der Waals surface area (Å²) in [6, 6.07) is 14.0. The van der Waals surface area contributed by atoms with Crippen molar-refractivity contribution in [2.24, 2.45) is 4.99 Å². The van der Waals surface area contributed by atoms with Gasteiger partial charge in [0.2, 0.25) is 0 Å². The number of carbonyl (C=O) groups is 1. The number of nitrogens with one attached hydrogen (secondary N) is 3. The monoisotopic (exact) mass is 516 g/mol. The van der Waals surface area contributed by atoms with Gasteiger partial charge < -0.3 is 16.0 Å². The first-order chi connectivity index (χ1) is 13.1. The van der Waals surface area contributed by atoms with Crippen molar-refractivity contribution < 1.29 is 9.18 Å². The Bertz CT molecular complexity index is 771. The van der Waals surface area contributed by atoms with Crippen LogP contribution in [0.3, 0.4) is 0 Å². The molecule has 0 bridgehead atoms. The molecule has 0 spiro atoms. The van der Waals surface area contributed by atoms with E-state index < -0.39 is 0 Å². The summed E-state index contributed by atoms with van der Waals surface area (Å²) in [5, 5.41) is 9.14. The molecule has 152 valence electrons. The fraction of sp³-hybridized carbons (Fsp3) is 0.300. The van der Waals surface area contributed by atoms with Crippen LogP contribution in [0.25, 0.3) is 0 Å². The Hall–Kier alpha value is -1.81. The molecule has 28 heavy (non-hydrogen) atoms. The number of amides is 1. The molecule has 0 aromatic heterocycles. The summed E-state index contributed by atoms with van der Waals surface area (Å²) in [5.41, 5.74) is 1.64. The van der Waals surface area contributed by atoms with Crippen LogP contribution in [-0.4, -0.2) is 38.3 Å². The summed E-state index contributed by atoms with van der Waals surface area (Å²) < 4.78 is 12.9. The summed E-state index contributed by atoms with van der Waals surface area (Å²) in [5.74, 6) is 1.34. The van der Waals surface area contributed by atoms with E-state index in [1.807, 2.05) is 18.2 Å². The van der Waals surface area contributed by atoms with Gasteiger partial charge in [-0.1, -0.05) is 12.1 Å². The Morgan fingerprint density at radius 1 is 1.14 bits per heavy atom. The number of hydrogen-bond acceptors (Lipinski definition) is 3. The maximum atomic E-state index is 12.9. The van der Waals surface area contributed by atoms with Crippen molar-refractivity contribution in [3.63, 3.8) is 0 Å². The van der Waals surface area contributed by atoms with E-state index in [9.17, 15) is 9.18 Å². The zero-order valence-electron chi connectivity index (χ0n) is 16.0. The summed E-state index contributed by atoms with van der Waals surface area (Å²) in [4.78, 5) is 17.0. The molecule has 2 aromatic carbocycles. The number of nitrogens with zero attached hydrogens (tertiary/aromatic N) is 1. The van der Waals surface area contributed by atoms with Crippen LogP contribution in [0.15, 0.2) is 58.4 Å². The van der Waals surface area contributed by atoms with Gasteiger partial charge in [0, 0.05) is 37.6 Å². The fourth-order valence-electron chi connectivity index (χ4n) is 2.37. The molecule has 0 fully saturated rings. The van der Waals surface area contributed by atoms with Gasteiger partial charge >= 0.3 is 0 Å². The standard InChI is InChI=1S/C20H25FN4OS.HI/c1-22-19(26)16-6-3-5-15(13-16)14-25-20(23-2)24-11-4-12-27-18-9-7-17(21)8-10-18;/h3,5-10,13H,4,11-12,14H2,1-2H3,(H,22,26)(H2,23,24,25);1H. The molecule has 0 saturated carbocycles. The topological polar surface area (TPSA) is 65.5 Å². The minimum atomic E-state index is -0.211. The average Bonchev–Trinajstić information content (AvgIpc) is 2.71. The number of guanidine groups is 1. The van der Waals surface area contributed by atoms with Gasteiger partial charge in [0.25, 0.3) is 5.91 Å². The van der Waals surface area contributed by atoms with Crippen LogP contribution in [0.5, 0.6) is 0 Å². The zero-order chi connectivity index (χ0) is 19.5. The second kappa shape index (κ2) is 13.4. The number of halogens is 2. The molecule has 0 aliphatic carbocycles. The van der Waals surface area contributed by atoms with Gasteiger partial charge in [-0.25, -0.2) is 4.39 Å². The van der Waals surface area contributed by atoms with Crippen molar-refractivity contribution >= 4 is 47.6 Å². The minimum Gasteiger partial charge on any atom is -0.356 e.